The largest absolute Gasteiger partial charge is 0.235 e. The van der Waals surface area contributed by atoms with Gasteiger partial charge in [0, 0.05) is 11.1 Å². The number of hydrogen-bond acceptors (Lipinski definition) is 4. The summed E-state index contributed by atoms with van der Waals surface area (Å²) in [6, 6.07) is 1.94. The number of nitrogens with zero attached hydrogens (tertiary/aromatic N) is 3. The molecule has 0 radical (unpaired) electrons. The van der Waals surface area contributed by atoms with Gasteiger partial charge in [-0.15, -0.1) is 11.8 Å². The number of halogens is 1. The van der Waals surface area contributed by atoms with E-state index >= 15 is 0 Å². The zero-order chi connectivity index (χ0) is 9.26. The summed E-state index contributed by atoms with van der Waals surface area (Å²) in [5.74, 6) is 0. The molecule has 2 aromatic heterocycles. The number of hydrogen-bond donors (Lipinski definition) is 0. The van der Waals surface area contributed by atoms with Crippen molar-refractivity contribution in [3.63, 3.8) is 0 Å². The third-order valence-corrected chi connectivity index (χ3v) is 2.65. The lowest BCUT2D eigenvalue weighted by atomic mass is 10.3. The average Bonchev–Trinajstić information content (AvgIpc) is 2.18. The first-order valence-corrected chi connectivity index (χ1v) is 5.22. The molecule has 0 aromatic carbocycles. The van der Waals surface area contributed by atoms with Crippen LogP contribution < -0.4 is 0 Å². The predicted octanol–water partition coefficient (Wildman–Crippen LogP) is 2.40. The van der Waals surface area contributed by atoms with Gasteiger partial charge in [-0.1, -0.05) is 11.6 Å². The summed E-state index contributed by atoms with van der Waals surface area (Å²) in [5, 5.41) is 1.25. The number of aromatic nitrogens is 3. The van der Waals surface area contributed by atoms with E-state index in [1.807, 2.05) is 12.3 Å². The van der Waals surface area contributed by atoms with Crippen molar-refractivity contribution in [2.75, 3.05) is 6.26 Å². The number of thioether (sulfide) groups is 1. The topological polar surface area (TPSA) is 38.7 Å². The minimum atomic E-state index is 0.452. The summed E-state index contributed by atoms with van der Waals surface area (Å²) in [6.07, 6.45) is 5.17. The molecule has 2 aromatic rings. The fourth-order valence-corrected chi connectivity index (χ4v) is 1.59. The maximum absolute atomic E-state index is 5.89. The Morgan fingerprint density at radius 3 is 2.92 bits per heavy atom. The maximum atomic E-state index is 5.89. The fourth-order valence-electron chi connectivity index (χ4n) is 1.01. The second-order valence-electron chi connectivity index (χ2n) is 2.41. The van der Waals surface area contributed by atoms with Gasteiger partial charge in [0.1, 0.15) is 11.5 Å². The van der Waals surface area contributed by atoms with Crippen molar-refractivity contribution in [3.8, 4) is 0 Å². The van der Waals surface area contributed by atoms with Crippen molar-refractivity contribution in [2.24, 2.45) is 0 Å². The van der Waals surface area contributed by atoms with Crippen LogP contribution in [-0.2, 0) is 0 Å². The molecule has 0 aliphatic carbocycles. The first kappa shape index (κ1) is 8.72. The van der Waals surface area contributed by atoms with Crippen LogP contribution in [0.5, 0.6) is 0 Å². The van der Waals surface area contributed by atoms with Crippen LogP contribution in [0.4, 0.5) is 0 Å². The van der Waals surface area contributed by atoms with Crippen LogP contribution in [0.3, 0.4) is 0 Å². The lowest BCUT2D eigenvalue weighted by Crippen LogP contribution is -1.87. The summed E-state index contributed by atoms with van der Waals surface area (Å²) in [5.41, 5.74) is 0.637. The monoisotopic (exact) mass is 211 g/mol. The second-order valence-corrected chi connectivity index (χ2v) is 3.65. The minimum absolute atomic E-state index is 0.452. The van der Waals surface area contributed by atoms with Gasteiger partial charge in [-0.05, 0) is 12.3 Å². The molecule has 0 spiro atoms. The number of fused-ring (bicyclic) bond motifs is 1. The Labute approximate surface area is 84.6 Å². The van der Waals surface area contributed by atoms with E-state index in [1.54, 1.807) is 18.0 Å². The number of pyridine rings is 1. The molecule has 0 aliphatic rings. The highest BCUT2D eigenvalue weighted by Gasteiger charge is 2.02. The molecule has 3 nitrogen and oxygen atoms in total. The Kier molecular flexibility index (Phi) is 2.33. The van der Waals surface area contributed by atoms with Gasteiger partial charge in [0.15, 0.2) is 5.65 Å². The van der Waals surface area contributed by atoms with Crippen molar-refractivity contribution in [1.29, 1.82) is 0 Å². The molecule has 0 aliphatic heterocycles. The molecular formula is C8H6ClN3S. The van der Waals surface area contributed by atoms with Crippen LogP contribution >= 0.6 is 23.4 Å². The third-order valence-electron chi connectivity index (χ3n) is 1.65. The molecule has 66 valence electrons. The van der Waals surface area contributed by atoms with E-state index in [0.29, 0.717) is 10.8 Å². The summed E-state index contributed by atoms with van der Waals surface area (Å²) >= 11 is 7.50. The normalized spacial score (nSPS) is 10.6. The molecule has 2 rings (SSSR count). The first-order chi connectivity index (χ1) is 6.31. The number of rotatable bonds is 1. The lowest BCUT2D eigenvalue weighted by Gasteiger charge is -1.99. The van der Waals surface area contributed by atoms with Gasteiger partial charge in [0.2, 0.25) is 0 Å². The zero-order valence-electron chi connectivity index (χ0n) is 6.86. The van der Waals surface area contributed by atoms with E-state index in [4.69, 9.17) is 11.6 Å². The zero-order valence-corrected chi connectivity index (χ0v) is 8.43. The highest BCUT2D eigenvalue weighted by molar-refractivity contribution is 7.98. The third kappa shape index (κ3) is 1.59. The van der Waals surface area contributed by atoms with Crippen molar-refractivity contribution < 1.29 is 0 Å². The van der Waals surface area contributed by atoms with Crippen LogP contribution in [0.15, 0.2) is 23.5 Å². The van der Waals surface area contributed by atoms with E-state index in [2.05, 4.69) is 15.0 Å². The summed E-state index contributed by atoms with van der Waals surface area (Å²) < 4.78 is 0. The van der Waals surface area contributed by atoms with Gasteiger partial charge in [-0.3, -0.25) is 0 Å². The standard InChI is InChI=1S/C8H6ClN3S/c1-13-5-2-6-7(9)11-4-12-8(6)10-3-5/h2-4H,1H3. The molecule has 0 saturated carbocycles. The van der Waals surface area contributed by atoms with E-state index in [0.717, 1.165) is 10.3 Å². The Morgan fingerprint density at radius 2 is 2.15 bits per heavy atom. The predicted molar refractivity (Wildman–Crippen MR) is 54.1 cm³/mol. The summed E-state index contributed by atoms with van der Waals surface area (Å²) in [7, 11) is 0. The molecule has 0 bridgehead atoms. The minimum Gasteiger partial charge on any atom is -0.235 e. The average molecular weight is 212 g/mol. The Morgan fingerprint density at radius 1 is 1.31 bits per heavy atom. The van der Waals surface area contributed by atoms with E-state index in [1.165, 1.54) is 6.33 Å². The molecule has 13 heavy (non-hydrogen) atoms. The van der Waals surface area contributed by atoms with Crippen LogP contribution in [0.1, 0.15) is 0 Å². The molecule has 0 saturated heterocycles. The molecular weight excluding hydrogens is 206 g/mol. The van der Waals surface area contributed by atoms with Crippen LogP contribution in [0.25, 0.3) is 11.0 Å². The maximum Gasteiger partial charge on any atom is 0.164 e. The molecule has 0 amide bonds. The SMILES string of the molecule is CSc1cnc2ncnc(Cl)c2c1. The van der Waals surface area contributed by atoms with Gasteiger partial charge in [-0.2, -0.15) is 0 Å². The second kappa shape index (κ2) is 3.47. The van der Waals surface area contributed by atoms with Crippen molar-refractivity contribution in [2.45, 2.75) is 4.90 Å². The summed E-state index contributed by atoms with van der Waals surface area (Å²) in [4.78, 5) is 13.1. The highest BCUT2D eigenvalue weighted by Crippen LogP contribution is 2.22. The molecule has 0 unspecified atom stereocenters. The van der Waals surface area contributed by atoms with Crippen LogP contribution in [0.2, 0.25) is 5.15 Å². The van der Waals surface area contributed by atoms with Crippen LogP contribution in [0, 0.1) is 0 Å². The molecule has 2 heterocycles. The van der Waals surface area contributed by atoms with E-state index < -0.39 is 0 Å². The van der Waals surface area contributed by atoms with E-state index in [9.17, 15) is 0 Å². The Balaban J connectivity index is 2.74. The van der Waals surface area contributed by atoms with Crippen molar-refractivity contribution in [3.05, 3.63) is 23.7 Å². The molecule has 0 N–H and O–H groups in total. The molecule has 0 fully saturated rings. The first-order valence-electron chi connectivity index (χ1n) is 3.61. The van der Waals surface area contributed by atoms with Crippen molar-refractivity contribution >= 4 is 34.4 Å². The van der Waals surface area contributed by atoms with Crippen molar-refractivity contribution in [1.82, 2.24) is 15.0 Å². The Hall–Kier alpha value is -0.870. The fraction of sp³-hybridized carbons (Fsp3) is 0.125. The van der Waals surface area contributed by atoms with E-state index in [-0.39, 0.29) is 0 Å². The van der Waals surface area contributed by atoms with Gasteiger partial charge in [-0.25, -0.2) is 15.0 Å². The van der Waals surface area contributed by atoms with Gasteiger partial charge in [0.05, 0.1) is 5.39 Å². The quantitative estimate of drug-likeness (QED) is 0.536. The molecule has 5 heteroatoms. The highest BCUT2D eigenvalue weighted by atomic mass is 35.5. The van der Waals surface area contributed by atoms with Gasteiger partial charge >= 0.3 is 0 Å². The lowest BCUT2D eigenvalue weighted by molar-refractivity contribution is 1.16. The Bertz CT molecular complexity index is 446. The smallest absolute Gasteiger partial charge is 0.164 e. The molecule has 0 atom stereocenters. The summed E-state index contributed by atoms with van der Waals surface area (Å²) in [6.45, 7) is 0. The van der Waals surface area contributed by atoms with Crippen LogP contribution in [-0.4, -0.2) is 21.2 Å². The van der Waals surface area contributed by atoms with Gasteiger partial charge < -0.3 is 0 Å². The van der Waals surface area contributed by atoms with Gasteiger partial charge in [0.25, 0.3) is 0 Å².